The van der Waals surface area contributed by atoms with E-state index in [1.54, 1.807) is 60.7 Å². The summed E-state index contributed by atoms with van der Waals surface area (Å²) in [5.41, 5.74) is 2.15. The summed E-state index contributed by atoms with van der Waals surface area (Å²) in [5.74, 6) is 2.95. The monoisotopic (exact) mass is 444 g/mol. The van der Waals surface area contributed by atoms with Gasteiger partial charge in [0.05, 0.1) is 13.3 Å². The third kappa shape index (κ3) is 5.27. The van der Waals surface area contributed by atoms with Crippen molar-refractivity contribution in [1.82, 2.24) is 25.1 Å². The Morgan fingerprint density at radius 1 is 1.09 bits per heavy atom. The average molecular weight is 444 g/mol. The van der Waals surface area contributed by atoms with Gasteiger partial charge in [-0.25, -0.2) is 9.97 Å². The highest BCUT2D eigenvalue weighted by molar-refractivity contribution is 5.96. The van der Waals surface area contributed by atoms with Crippen LogP contribution >= 0.6 is 0 Å². The average Bonchev–Trinajstić information content (AvgIpc) is 3.23. The molecule has 3 aromatic heterocycles. The van der Waals surface area contributed by atoms with E-state index in [2.05, 4.69) is 25.7 Å². The minimum absolute atomic E-state index is 0.193. The van der Waals surface area contributed by atoms with Gasteiger partial charge in [-0.2, -0.15) is 5.10 Å². The quantitative estimate of drug-likeness (QED) is 0.423. The SMILES string of the molecule is COc1ccc(CNC(=O)c2cccc(Oc3ccnc(Nc4ccnn4C)c3)c2C)cn1. The Hall–Kier alpha value is -4.40. The van der Waals surface area contributed by atoms with Crippen LogP contribution in [-0.4, -0.2) is 32.8 Å². The van der Waals surface area contributed by atoms with E-state index in [9.17, 15) is 4.79 Å². The number of hydrogen-bond donors (Lipinski definition) is 2. The van der Waals surface area contributed by atoms with Crippen LogP contribution in [0.15, 0.2) is 67.1 Å². The van der Waals surface area contributed by atoms with E-state index in [1.807, 2.05) is 32.2 Å². The van der Waals surface area contributed by atoms with Crippen LogP contribution < -0.4 is 20.1 Å². The molecule has 4 rings (SSSR count). The van der Waals surface area contributed by atoms with Gasteiger partial charge in [0.25, 0.3) is 5.91 Å². The maximum Gasteiger partial charge on any atom is 0.251 e. The van der Waals surface area contributed by atoms with Gasteiger partial charge in [0.1, 0.15) is 23.1 Å². The maximum absolute atomic E-state index is 12.8. The van der Waals surface area contributed by atoms with Crippen molar-refractivity contribution in [3.05, 3.63) is 83.8 Å². The lowest BCUT2D eigenvalue weighted by Gasteiger charge is -2.13. The number of benzene rings is 1. The Morgan fingerprint density at radius 2 is 1.97 bits per heavy atom. The highest BCUT2D eigenvalue weighted by Crippen LogP contribution is 2.28. The molecule has 4 aromatic rings. The lowest BCUT2D eigenvalue weighted by molar-refractivity contribution is 0.0950. The molecule has 1 aromatic carbocycles. The Balaban J connectivity index is 1.45. The van der Waals surface area contributed by atoms with Crippen molar-refractivity contribution in [3.63, 3.8) is 0 Å². The molecule has 0 atom stereocenters. The summed E-state index contributed by atoms with van der Waals surface area (Å²) in [6.45, 7) is 2.21. The molecule has 9 nitrogen and oxygen atoms in total. The Morgan fingerprint density at radius 3 is 2.70 bits per heavy atom. The first kappa shape index (κ1) is 21.8. The zero-order valence-electron chi connectivity index (χ0n) is 18.6. The Kier molecular flexibility index (Phi) is 6.49. The number of hydrogen-bond acceptors (Lipinski definition) is 7. The minimum atomic E-state index is -0.193. The van der Waals surface area contributed by atoms with E-state index < -0.39 is 0 Å². The number of pyridine rings is 2. The first-order valence-corrected chi connectivity index (χ1v) is 10.3. The molecule has 0 unspecified atom stereocenters. The molecule has 0 aliphatic heterocycles. The van der Waals surface area contributed by atoms with Crippen molar-refractivity contribution in [2.75, 3.05) is 12.4 Å². The first-order chi connectivity index (χ1) is 16.0. The fraction of sp³-hybridized carbons (Fsp3) is 0.167. The van der Waals surface area contributed by atoms with Gasteiger partial charge in [-0.1, -0.05) is 12.1 Å². The summed E-state index contributed by atoms with van der Waals surface area (Å²) in [5, 5.41) is 10.2. The predicted octanol–water partition coefficient (Wildman–Crippen LogP) is 3.99. The summed E-state index contributed by atoms with van der Waals surface area (Å²) in [7, 11) is 3.40. The van der Waals surface area contributed by atoms with Crippen LogP contribution in [0.25, 0.3) is 0 Å². The third-order valence-corrected chi connectivity index (χ3v) is 5.02. The Labute approximate surface area is 191 Å². The van der Waals surface area contributed by atoms with Crippen molar-refractivity contribution in [2.45, 2.75) is 13.5 Å². The van der Waals surface area contributed by atoms with Gasteiger partial charge in [0.2, 0.25) is 5.88 Å². The standard InChI is InChI=1S/C24H24N6O3/c1-16-19(24(31)27-15-17-7-8-23(32-3)26-14-17)5-4-6-20(16)33-18-9-11-25-21(13-18)29-22-10-12-28-30(22)2/h4-14H,15H2,1-3H3,(H,25,29)(H,27,31). The molecule has 0 saturated carbocycles. The van der Waals surface area contributed by atoms with E-state index in [4.69, 9.17) is 9.47 Å². The van der Waals surface area contributed by atoms with Crippen LogP contribution in [0.3, 0.4) is 0 Å². The second-order valence-electron chi connectivity index (χ2n) is 7.26. The third-order valence-electron chi connectivity index (χ3n) is 5.02. The number of nitrogens with one attached hydrogen (secondary N) is 2. The highest BCUT2D eigenvalue weighted by atomic mass is 16.5. The number of anilines is 2. The lowest BCUT2D eigenvalue weighted by Crippen LogP contribution is -2.23. The number of ether oxygens (including phenoxy) is 2. The van der Waals surface area contributed by atoms with E-state index in [0.717, 1.165) is 16.9 Å². The summed E-state index contributed by atoms with van der Waals surface area (Å²) in [6.07, 6.45) is 5.03. The first-order valence-electron chi connectivity index (χ1n) is 10.3. The van der Waals surface area contributed by atoms with Crippen LogP contribution in [-0.2, 0) is 13.6 Å². The molecule has 33 heavy (non-hydrogen) atoms. The Bertz CT molecular complexity index is 1250. The second-order valence-corrected chi connectivity index (χ2v) is 7.26. The van der Waals surface area contributed by atoms with Gasteiger partial charge in [0.15, 0.2) is 0 Å². The molecule has 0 fully saturated rings. The van der Waals surface area contributed by atoms with E-state index in [-0.39, 0.29) is 5.91 Å². The van der Waals surface area contributed by atoms with Crippen LogP contribution in [0.4, 0.5) is 11.6 Å². The highest BCUT2D eigenvalue weighted by Gasteiger charge is 2.13. The number of amides is 1. The smallest absolute Gasteiger partial charge is 0.251 e. The number of nitrogens with zero attached hydrogens (tertiary/aromatic N) is 4. The maximum atomic E-state index is 12.8. The molecule has 0 saturated heterocycles. The van der Waals surface area contributed by atoms with Gasteiger partial charge in [-0.3, -0.25) is 9.48 Å². The molecular weight excluding hydrogens is 420 g/mol. The topological polar surface area (TPSA) is 103 Å². The van der Waals surface area contributed by atoms with E-state index >= 15 is 0 Å². The zero-order chi connectivity index (χ0) is 23.2. The molecular formula is C24H24N6O3. The number of rotatable bonds is 8. The number of aryl methyl sites for hydroxylation is 1. The molecule has 0 spiro atoms. The van der Waals surface area contributed by atoms with Gasteiger partial charge >= 0.3 is 0 Å². The van der Waals surface area contributed by atoms with E-state index in [1.165, 1.54) is 0 Å². The van der Waals surface area contributed by atoms with Gasteiger partial charge in [-0.15, -0.1) is 0 Å². The summed E-state index contributed by atoms with van der Waals surface area (Å²) < 4.78 is 12.8. The van der Waals surface area contributed by atoms with Crippen LogP contribution in [0.5, 0.6) is 17.4 Å². The molecule has 168 valence electrons. The summed E-state index contributed by atoms with van der Waals surface area (Å²) >= 11 is 0. The lowest BCUT2D eigenvalue weighted by atomic mass is 10.1. The molecule has 9 heteroatoms. The largest absolute Gasteiger partial charge is 0.481 e. The van der Waals surface area contributed by atoms with Gasteiger partial charge in [0, 0.05) is 55.3 Å². The van der Waals surface area contributed by atoms with Crippen molar-refractivity contribution < 1.29 is 14.3 Å². The second kappa shape index (κ2) is 9.82. The number of methoxy groups -OCH3 is 1. The van der Waals surface area contributed by atoms with Crippen molar-refractivity contribution >= 4 is 17.5 Å². The van der Waals surface area contributed by atoms with E-state index in [0.29, 0.717) is 35.3 Å². The van der Waals surface area contributed by atoms with Crippen LogP contribution in [0.1, 0.15) is 21.5 Å². The fourth-order valence-corrected chi connectivity index (χ4v) is 3.18. The van der Waals surface area contributed by atoms with Crippen molar-refractivity contribution in [2.24, 2.45) is 7.05 Å². The van der Waals surface area contributed by atoms with Crippen molar-refractivity contribution in [3.8, 4) is 17.4 Å². The summed E-state index contributed by atoms with van der Waals surface area (Å²) in [6, 6.07) is 14.4. The zero-order valence-corrected chi connectivity index (χ0v) is 18.6. The van der Waals surface area contributed by atoms with Crippen LogP contribution in [0, 0.1) is 6.92 Å². The number of carbonyl (C=O) groups is 1. The molecule has 2 N–H and O–H groups in total. The molecule has 0 bridgehead atoms. The minimum Gasteiger partial charge on any atom is -0.481 e. The molecule has 0 aliphatic carbocycles. The predicted molar refractivity (Wildman–Crippen MR) is 124 cm³/mol. The normalized spacial score (nSPS) is 10.5. The molecule has 0 aliphatic rings. The fourth-order valence-electron chi connectivity index (χ4n) is 3.18. The molecule has 1 amide bonds. The number of aromatic nitrogens is 4. The van der Waals surface area contributed by atoms with Gasteiger partial charge < -0.3 is 20.1 Å². The van der Waals surface area contributed by atoms with Crippen molar-refractivity contribution in [1.29, 1.82) is 0 Å². The van der Waals surface area contributed by atoms with Gasteiger partial charge in [-0.05, 0) is 30.7 Å². The molecule has 0 radical (unpaired) electrons. The number of carbonyl (C=O) groups excluding carboxylic acids is 1. The van der Waals surface area contributed by atoms with Crippen LogP contribution in [0.2, 0.25) is 0 Å². The summed E-state index contributed by atoms with van der Waals surface area (Å²) in [4.78, 5) is 21.3. The molecule has 3 heterocycles.